The molecule has 0 rings (SSSR count). The summed E-state index contributed by atoms with van der Waals surface area (Å²) in [6.45, 7) is 2.01. The SMILES string of the molecule is CCC(CO)(CO)CO.OCCCCCCCCCO. The van der Waals surface area contributed by atoms with Crippen molar-refractivity contribution in [2.24, 2.45) is 5.41 Å². The van der Waals surface area contributed by atoms with Gasteiger partial charge in [-0.1, -0.05) is 39.0 Å². The Labute approximate surface area is 123 Å². The monoisotopic (exact) mass is 294 g/mol. The van der Waals surface area contributed by atoms with Crippen molar-refractivity contribution in [3.63, 3.8) is 0 Å². The molecule has 0 aliphatic carbocycles. The number of hydrogen-bond donors (Lipinski definition) is 5. The molecule has 0 saturated heterocycles. The van der Waals surface area contributed by atoms with Gasteiger partial charge in [-0.25, -0.2) is 0 Å². The van der Waals surface area contributed by atoms with E-state index in [9.17, 15) is 0 Å². The fourth-order valence-electron chi connectivity index (χ4n) is 1.59. The second kappa shape index (κ2) is 16.9. The van der Waals surface area contributed by atoms with Crippen LogP contribution in [0.2, 0.25) is 0 Å². The molecule has 0 fully saturated rings. The van der Waals surface area contributed by atoms with Gasteiger partial charge in [0.15, 0.2) is 0 Å². The predicted octanol–water partition coefficient (Wildman–Crippen LogP) is 1.06. The first kappa shape index (κ1) is 22.1. The molecule has 124 valence electrons. The van der Waals surface area contributed by atoms with E-state index in [2.05, 4.69) is 0 Å². The number of aliphatic hydroxyl groups is 5. The third-order valence-corrected chi connectivity index (χ3v) is 3.57. The summed E-state index contributed by atoms with van der Waals surface area (Å²) in [6.07, 6.45) is 8.49. The first-order valence-electron chi connectivity index (χ1n) is 7.70. The quantitative estimate of drug-likeness (QED) is 0.347. The normalized spacial score (nSPS) is 11.1. The van der Waals surface area contributed by atoms with Gasteiger partial charge < -0.3 is 25.5 Å². The zero-order valence-electron chi connectivity index (χ0n) is 12.9. The van der Waals surface area contributed by atoms with Crippen molar-refractivity contribution in [3.05, 3.63) is 0 Å². The van der Waals surface area contributed by atoms with E-state index in [1.807, 2.05) is 6.92 Å². The zero-order chi connectivity index (χ0) is 15.7. The lowest BCUT2D eigenvalue weighted by Gasteiger charge is -2.24. The van der Waals surface area contributed by atoms with Gasteiger partial charge in [0.25, 0.3) is 0 Å². The van der Waals surface area contributed by atoms with Gasteiger partial charge in [0.1, 0.15) is 0 Å². The molecule has 0 heterocycles. The number of aliphatic hydroxyl groups excluding tert-OH is 5. The summed E-state index contributed by atoms with van der Waals surface area (Å²) in [7, 11) is 0. The molecule has 0 bridgehead atoms. The van der Waals surface area contributed by atoms with Crippen LogP contribution in [0.4, 0.5) is 0 Å². The smallest absolute Gasteiger partial charge is 0.0531 e. The maximum atomic E-state index is 8.66. The van der Waals surface area contributed by atoms with Crippen molar-refractivity contribution in [1.82, 2.24) is 0 Å². The van der Waals surface area contributed by atoms with E-state index in [4.69, 9.17) is 25.5 Å². The van der Waals surface area contributed by atoms with E-state index in [-0.39, 0.29) is 19.8 Å². The fourth-order valence-corrected chi connectivity index (χ4v) is 1.59. The highest BCUT2D eigenvalue weighted by Gasteiger charge is 2.24. The molecule has 0 aliphatic rings. The van der Waals surface area contributed by atoms with Crippen molar-refractivity contribution in [2.45, 2.75) is 58.3 Å². The summed E-state index contributed by atoms with van der Waals surface area (Å²) < 4.78 is 0. The molecular formula is C15H34O5. The van der Waals surface area contributed by atoms with E-state index >= 15 is 0 Å². The Morgan fingerprint density at radius 2 is 0.850 bits per heavy atom. The maximum Gasteiger partial charge on any atom is 0.0531 e. The second-order valence-corrected chi connectivity index (χ2v) is 5.25. The van der Waals surface area contributed by atoms with Crippen LogP contribution in [0.1, 0.15) is 58.3 Å². The highest BCUT2D eigenvalue weighted by Crippen LogP contribution is 2.18. The molecule has 0 saturated carbocycles. The van der Waals surface area contributed by atoms with Crippen LogP contribution in [0.3, 0.4) is 0 Å². The van der Waals surface area contributed by atoms with Crippen molar-refractivity contribution >= 4 is 0 Å². The largest absolute Gasteiger partial charge is 0.396 e. The van der Waals surface area contributed by atoms with Crippen LogP contribution in [0.25, 0.3) is 0 Å². The Balaban J connectivity index is 0. The lowest BCUT2D eigenvalue weighted by molar-refractivity contribution is 0.00304. The Morgan fingerprint density at radius 3 is 1.00 bits per heavy atom. The van der Waals surface area contributed by atoms with Crippen LogP contribution in [-0.2, 0) is 0 Å². The molecule has 0 spiro atoms. The van der Waals surface area contributed by atoms with Crippen LogP contribution >= 0.6 is 0 Å². The van der Waals surface area contributed by atoms with Crippen molar-refractivity contribution in [1.29, 1.82) is 0 Å². The van der Waals surface area contributed by atoms with E-state index in [0.717, 1.165) is 25.7 Å². The van der Waals surface area contributed by atoms with Crippen LogP contribution in [0.5, 0.6) is 0 Å². The molecule has 0 unspecified atom stereocenters. The van der Waals surface area contributed by atoms with Gasteiger partial charge in [0.2, 0.25) is 0 Å². The number of hydrogen-bond acceptors (Lipinski definition) is 5. The molecule has 5 heteroatoms. The molecule has 0 aromatic carbocycles. The van der Waals surface area contributed by atoms with Gasteiger partial charge in [-0.05, 0) is 19.3 Å². The van der Waals surface area contributed by atoms with Crippen LogP contribution < -0.4 is 0 Å². The van der Waals surface area contributed by atoms with Gasteiger partial charge in [0, 0.05) is 18.6 Å². The second-order valence-electron chi connectivity index (χ2n) is 5.25. The standard InChI is InChI=1S/C9H20O2.C6H14O3/c10-8-6-4-2-1-3-5-7-9-11;1-2-6(3-7,4-8)5-9/h10-11H,1-9H2;7-9H,2-5H2,1H3. The van der Waals surface area contributed by atoms with Crippen molar-refractivity contribution < 1.29 is 25.5 Å². The molecule has 0 aliphatic heterocycles. The lowest BCUT2D eigenvalue weighted by Crippen LogP contribution is -2.32. The third kappa shape index (κ3) is 12.8. The first-order valence-corrected chi connectivity index (χ1v) is 7.70. The molecule has 0 aromatic rings. The Morgan fingerprint density at radius 1 is 0.550 bits per heavy atom. The molecule has 0 aromatic heterocycles. The Hall–Kier alpha value is -0.200. The van der Waals surface area contributed by atoms with Gasteiger partial charge >= 0.3 is 0 Å². The topological polar surface area (TPSA) is 101 Å². The number of unbranched alkanes of at least 4 members (excludes halogenated alkanes) is 6. The summed E-state index contributed by atoms with van der Waals surface area (Å²) in [5.74, 6) is 0. The van der Waals surface area contributed by atoms with Crippen molar-refractivity contribution in [3.8, 4) is 0 Å². The van der Waals surface area contributed by atoms with Gasteiger partial charge in [-0.3, -0.25) is 0 Å². The minimum absolute atomic E-state index is 0.156. The lowest BCUT2D eigenvalue weighted by atomic mass is 9.88. The van der Waals surface area contributed by atoms with Crippen molar-refractivity contribution in [2.75, 3.05) is 33.0 Å². The van der Waals surface area contributed by atoms with Crippen LogP contribution in [0, 0.1) is 5.41 Å². The highest BCUT2D eigenvalue weighted by molar-refractivity contribution is 4.74. The minimum atomic E-state index is -0.667. The average molecular weight is 294 g/mol. The third-order valence-electron chi connectivity index (χ3n) is 3.57. The minimum Gasteiger partial charge on any atom is -0.396 e. The molecule has 0 amide bonds. The number of rotatable bonds is 12. The van der Waals surface area contributed by atoms with E-state index in [0.29, 0.717) is 19.6 Å². The molecule has 0 radical (unpaired) electrons. The van der Waals surface area contributed by atoms with Crippen LogP contribution in [-0.4, -0.2) is 58.6 Å². The average Bonchev–Trinajstić information content (AvgIpc) is 2.50. The molecule has 5 N–H and O–H groups in total. The van der Waals surface area contributed by atoms with E-state index in [1.54, 1.807) is 0 Å². The molecule has 20 heavy (non-hydrogen) atoms. The summed E-state index contributed by atoms with van der Waals surface area (Å²) in [4.78, 5) is 0. The highest BCUT2D eigenvalue weighted by atomic mass is 16.3. The fraction of sp³-hybridized carbons (Fsp3) is 1.00. The van der Waals surface area contributed by atoms with Gasteiger partial charge in [-0.2, -0.15) is 0 Å². The first-order chi connectivity index (χ1) is 9.66. The summed E-state index contributed by atoms with van der Waals surface area (Å²) >= 11 is 0. The zero-order valence-corrected chi connectivity index (χ0v) is 12.9. The van der Waals surface area contributed by atoms with Crippen LogP contribution in [0.15, 0.2) is 0 Å². The van der Waals surface area contributed by atoms with Gasteiger partial charge in [0.05, 0.1) is 19.8 Å². The Kier molecular flexibility index (Phi) is 18.6. The predicted molar refractivity (Wildman–Crippen MR) is 80.5 cm³/mol. The molecule has 0 atom stereocenters. The molecule has 5 nitrogen and oxygen atoms in total. The summed E-state index contributed by atoms with van der Waals surface area (Å²) in [6, 6.07) is 0. The van der Waals surface area contributed by atoms with E-state index < -0.39 is 5.41 Å². The maximum absolute atomic E-state index is 8.66. The Bertz CT molecular complexity index is 146. The van der Waals surface area contributed by atoms with Gasteiger partial charge in [-0.15, -0.1) is 0 Å². The van der Waals surface area contributed by atoms with E-state index in [1.165, 1.54) is 19.3 Å². The molecular weight excluding hydrogens is 260 g/mol. The summed E-state index contributed by atoms with van der Waals surface area (Å²) in [5, 5.41) is 42.9. The summed E-state index contributed by atoms with van der Waals surface area (Å²) in [5.41, 5.74) is -0.667.